The first-order chi connectivity index (χ1) is 24.9. The topological polar surface area (TPSA) is 138 Å². The zero-order chi connectivity index (χ0) is 37.4. The molecular formula is C39H47ClN4O7S. The molecule has 278 valence electrons. The molecule has 13 heteroatoms. The van der Waals surface area contributed by atoms with Gasteiger partial charge in [-0.15, -0.1) is 0 Å². The summed E-state index contributed by atoms with van der Waals surface area (Å²) in [6, 6.07) is 23.2. The number of anilines is 2. The number of hydrogen-bond acceptors (Lipinski definition) is 7. The average Bonchev–Trinajstić information content (AvgIpc) is 3.13. The Hall–Kier alpha value is -4.20. The molecule has 0 aromatic heterocycles. The van der Waals surface area contributed by atoms with E-state index in [2.05, 4.69) is 10.6 Å². The Bertz CT molecular complexity index is 1950. The van der Waals surface area contributed by atoms with E-state index in [9.17, 15) is 23.1 Å². The van der Waals surface area contributed by atoms with Gasteiger partial charge in [0.2, 0.25) is 10.0 Å². The van der Waals surface area contributed by atoms with Crippen molar-refractivity contribution in [3.05, 3.63) is 95.5 Å². The predicted octanol–water partition coefficient (Wildman–Crippen LogP) is 7.25. The van der Waals surface area contributed by atoms with Gasteiger partial charge in [-0.25, -0.2) is 13.2 Å². The number of carbonyl (C=O) groups is 2. The molecule has 0 spiro atoms. The summed E-state index contributed by atoms with van der Waals surface area (Å²) in [4.78, 5) is 29.4. The lowest BCUT2D eigenvalue weighted by Crippen LogP contribution is -2.48. The van der Waals surface area contributed by atoms with Crippen LogP contribution >= 0.6 is 11.6 Å². The molecule has 3 amide bonds. The molecule has 0 radical (unpaired) electrons. The van der Waals surface area contributed by atoms with Crippen LogP contribution in [0.25, 0.3) is 10.8 Å². The Morgan fingerprint density at radius 1 is 1.02 bits per heavy atom. The van der Waals surface area contributed by atoms with Gasteiger partial charge in [0.05, 0.1) is 41.0 Å². The molecule has 0 saturated heterocycles. The van der Waals surface area contributed by atoms with E-state index in [-0.39, 0.29) is 42.2 Å². The first-order valence-electron chi connectivity index (χ1n) is 17.5. The summed E-state index contributed by atoms with van der Waals surface area (Å²) in [6.45, 7) is 5.84. The van der Waals surface area contributed by atoms with Crippen molar-refractivity contribution in [2.75, 3.05) is 44.0 Å². The number of hydrogen-bond donors (Lipinski definition) is 3. The Balaban J connectivity index is 1.41. The van der Waals surface area contributed by atoms with Gasteiger partial charge in [-0.2, -0.15) is 4.31 Å². The molecule has 0 unspecified atom stereocenters. The van der Waals surface area contributed by atoms with Crippen molar-refractivity contribution in [3.63, 3.8) is 0 Å². The third-order valence-electron chi connectivity index (χ3n) is 9.31. The summed E-state index contributed by atoms with van der Waals surface area (Å²) in [5, 5.41) is 18.4. The summed E-state index contributed by atoms with van der Waals surface area (Å²) in [5.74, 6) is -0.398. The summed E-state index contributed by atoms with van der Waals surface area (Å²) < 4.78 is 40.9. The smallest absolute Gasteiger partial charge is 0.323 e. The van der Waals surface area contributed by atoms with Gasteiger partial charge in [-0.05, 0) is 87.0 Å². The molecule has 11 nitrogen and oxygen atoms in total. The molecule has 1 aliphatic rings. The second-order valence-electron chi connectivity index (χ2n) is 13.4. The van der Waals surface area contributed by atoms with Crippen LogP contribution in [0.4, 0.5) is 16.2 Å². The number of fused-ring (bicyclic) bond motifs is 2. The molecule has 52 heavy (non-hydrogen) atoms. The number of likely N-dealkylation sites (N-methyl/N-ethyl adjacent to an activating group) is 1. The van der Waals surface area contributed by atoms with Gasteiger partial charge in [0.1, 0.15) is 5.75 Å². The van der Waals surface area contributed by atoms with Crippen LogP contribution in [0.2, 0.25) is 5.02 Å². The van der Waals surface area contributed by atoms with Crippen LogP contribution in [0.15, 0.2) is 89.8 Å². The molecule has 4 atom stereocenters. The number of rotatable bonds is 8. The summed E-state index contributed by atoms with van der Waals surface area (Å²) in [5.41, 5.74) is 1.24. The number of urea groups is 1. The maximum atomic E-state index is 14.5. The number of sulfonamides is 1. The zero-order valence-electron chi connectivity index (χ0n) is 29.9. The van der Waals surface area contributed by atoms with E-state index < -0.39 is 34.1 Å². The second-order valence-corrected chi connectivity index (χ2v) is 15.8. The summed E-state index contributed by atoms with van der Waals surface area (Å²) >= 11 is 6.00. The molecule has 0 saturated carbocycles. The lowest BCUT2D eigenvalue weighted by Gasteiger charge is -2.35. The minimum Gasteiger partial charge on any atom is -0.490 e. The number of aliphatic hydroxyl groups is 1. The first-order valence-corrected chi connectivity index (χ1v) is 19.3. The molecule has 1 aliphatic heterocycles. The van der Waals surface area contributed by atoms with E-state index >= 15 is 0 Å². The highest BCUT2D eigenvalue weighted by atomic mass is 35.5. The lowest BCUT2D eigenvalue weighted by molar-refractivity contribution is -0.00833. The van der Waals surface area contributed by atoms with Crippen molar-refractivity contribution in [2.45, 2.75) is 63.2 Å². The Morgan fingerprint density at radius 2 is 1.75 bits per heavy atom. The molecule has 3 N–H and O–H groups in total. The van der Waals surface area contributed by atoms with Crippen LogP contribution in [-0.4, -0.2) is 86.3 Å². The quantitative estimate of drug-likeness (QED) is 0.173. The Kier molecular flexibility index (Phi) is 13.2. The maximum absolute atomic E-state index is 14.5. The van der Waals surface area contributed by atoms with Crippen molar-refractivity contribution in [2.24, 2.45) is 5.92 Å². The highest BCUT2D eigenvalue weighted by molar-refractivity contribution is 7.89. The van der Waals surface area contributed by atoms with Crippen LogP contribution in [0.3, 0.4) is 0 Å². The Labute approximate surface area is 310 Å². The van der Waals surface area contributed by atoms with Gasteiger partial charge in [-0.1, -0.05) is 54.9 Å². The maximum Gasteiger partial charge on any atom is 0.323 e. The standard InChI is InChI=1S/C39H47ClN4O7S/c1-26-23-44(27(2)25-45)38(46)34-22-31(41-39(47)42-35-14-9-12-29-11-5-6-13-33(29)35)17-20-36(34)51-28(3)10-7-8-21-50-37(26)24-43(4)52(48,49)32-18-15-30(40)16-19-32/h5-6,9,11-20,22,26-28,37,45H,7-8,10,21,23-25H2,1-4H3,(H2,41,42,47)/t26-,27-,28+,37+/m0/s1. The molecule has 5 rings (SSSR count). The van der Waals surface area contributed by atoms with E-state index in [0.29, 0.717) is 35.2 Å². The highest BCUT2D eigenvalue weighted by Gasteiger charge is 2.32. The fraction of sp³-hybridized carbons (Fsp3) is 0.385. The minimum absolute atomic E-state index is 0.0393. The van der Waals surface area contributed by atoms with Gasteiger partial charge in [0.15, 0.2) is 0 Å². The molecule has 0 aliphatic carbocycles. The number of nitrogens with one attached hydrogen (secondary N) is 2. The number of halogens is 1. The number of carbonyl (C=O) groups excluding carboxylic acids is 2. The van der Waals surface area contributed by atoms with Crippen LogP contribution in [-0.2, 0) is 14.8 Å². The number of aliphatic hydroxyl groups excluding tert-OH is 1. The molecular weight excluding hydrogens is 704 g/mol. The van der Waals surface area contributed by atoms with E-state index in [1.807, 2.05) is 56.3 Å². The first kappa shape index (κ1) is 39.0. The largest absolute Gasteiger partial charge is 0.490 e. The lowest BCUT2D eigenvalue weighted by atomic mass is 10.0. The third kappa shape index (κ3) is 9.61. The number of ether oxygens (including phenoxy) is 2. The normalized spacial score (nSPS) is 19.7. The van der Waals surface area contributed by atoms with Gasteiger partial charge >= 0.3 is 6.03 Å². The van der Waals surface area contributed by atoms with E-state index in [4.69, 9.17) is 21.1 Å². The molecule has 0 fully saturated rings. The van der Waals surface area contributed by atoms with Crippen LogP contribution in [0.1, 0.15) is 50.4 Å². The number of amides is 3. The van der Waals surface area contributed by atoms with Crippen molar-refractivity contribution in [1.82, 2.24) is 9.21 Å². The monoisotopic (exact) mass is 750 g/mol. The average molecular weight is 751 g/mol. The van der Waals surface area contributed by atoms with Gasteiger partial charge in [-0.3, -0.25) is 4.79 Å². The summed E-state index contributed by atoms with van der Waals surface area (Å²) in [7, 11) is -2.36. The Morgan fingerprint density at radius 3 is 2.50 bits per heavy atom. The fourth-order valence-electron chi connectivity index (χ4n) is 6.22. The third-order valence-corrected chi connectivity index (χ3v) is 11.4. The molecule has 4 aromatic rings. The van der Waals surface area contributed by atoms with Crippen molar-refractivity contribution < 1.29 is 32.6 Å². The van der Waals surface area contributed by atoms with Gasteiger partial charge in [0.25, 0.3) is 5.91 Å². The molecule has 0 bridgehead atoms. The second kappa shape index (κ2) is 17.5. The van der Waals surface area contributed by atoms with Gasteiger partial charge < -0.3 is 30.1 Å². The van der Waals surface area contributed by atoms with Crippen LogP contribution in [0, 0.1) is 5.92 Å². The van der Waals surface area contributed by atoms with Gasteiger partial charge in [0, 0.05) is 48.8 Å². The minimum atomic E-state index is -3.86. The predicted molar refractivity (Wildman–Crippen MR) is 205 cm³/mol. The SMILES string of the molecule is C[C@@H]1CCCCO[C@H](CN(C)S(=O)(=O)c2ccc(Cl)cc2)[C@@H](C)CN([C@@H](C)CO)C(=O)c2cc(NC(=O)Nc3cccc4ccccc34)ccc2O1. The van der Waals surface area contributed by atoms with E-state index in [0.717, 1.165) is 23.6 Å². The van der Waals surface area contributed by atoms with E-state index in [1.165, 1.54) is 35.6 Å². The fourth-order valence-corrected chi connectivity index (χ4v) is 7.53. The van der Waals surface area contributed by atoms with E-state index in [1.54, 1.807) is 30.0 Å². The highest BCUT2D eigenvalue weighted by Crippen LogP contribution is 2.30. The van der Waals surface area contributed by atoms with Crippen LogP contribution < -0.4 is 15.4 Å². The van der Waals surface area contributed by atoms with Crippen molar-refractivity contribution >= 4 is 55.7 Å². The van der Waals surface area contributed by atoms with Crippen molar-refractivity contribution in [1.29, 1.82) is 0 Å². The van der Waals surface area contributed by atoms with Crippen LogP contribution in [0.5, 0.6) is 5.75 Å². The molecule has 1 heterocycles. The van der Waals surface area contributed by atoms with Crippen molar-refractivity contribution in [3.8, 4) is 5.75 Å². The zero-order valence-corrected chi connectivity index (χ0v) is 31.5. The molecule has 4 aromatic carbocycles. The number of benzene rings is 4. The number of nitrogens with zero attached hydrogens (tertiary/aromatic N) is 2. The summed E-state index contributed by atoms with van der Waals surface area (Å²) in [6.07, 6.45) is 1.38.